The van der Waals surface area contributed by atoms with Crippen molar-refractivity contribution in [2.45, 2.75) is 11.8 Å². The molecule has 0 aliphatic carbocycles. The predicted octanol–water partition coefficient (Wildman–Crippen LogP) is 4.45. The molecule has 3 N–H and O–H groups in total. The Balaban J connectivity index is 2.43. The fourth-order valence-corrected chi connectivity index (χ4v) is 3.75. The first kappa shape index (κ1) is 16.4. The van der Waals surface area contributed by atoms with Crippen LogP contribution in [0.3, 0.4) is 0 Å². The van der Waals surface area contributed by atoms with Gasteiger partial charge in [-0.2, -0.15) is 0 Å². The molecule has 0 heterocycles. The molecular weight excluding hydrogens is 399 g/mol. The van der Waals surface area contributed by atoms with Crippen LogP contribution in [0.1, 0.15) is 5.56 Å². The van der Waals surface area contributed by atoms with E-state index in [4.69, 9.17) is 28.9 Å². The van der Waals surface area contributed by atoms with Gasteiger partial charge in [0.2, 0.25) is 0 Å². The van der Waals surface area contributed by atoms with Gasteiger partial charge in [-0.3, -0.25) is 4.72 Å². The van der Waals surface area contributed by atoms with Crippen LogP contribution < -0.4 is 10.5 Å². The summed E-state index contributed by atoms with van der Waals surface area (Å²) in [5, 5.41) is 0.811. The normalized spacial score (nSPS) is 11.4. The van der Waals surface area contributed by atoms with Gasteiger partial charge in [0.25, 0.3) is 10.0 Å². The highest BCUT2D eigenvalue weighted by atomic mass is 79.9. The van der Waals surface area contributed by atoms with Crippen LogP contribution in [0.5, 0.6) is 0 Å². The zero-order valence-corrected chi connectivity index (χ0v) is 14.7. The number of sulfonamides is 1. The molecule has 0 aliphatic heterocycles. The molecule has 0 atom stereocenters. The van der Waals surface area contributed by atoms with Crippen molar-refractivity contribution in [3.63, 3.8) is 0 Å². The molecule has 2 aromatic rings. The molecule has 8 heteroatoms. The fourth-order valence-electron chi connectivity index (χ4n) is 1.73. The van der Waals surface area contributed by atoms with Gasteiger partial charge in [0.05, 0.1) is 26.3 Å². The lowest BCUT2D eigenvalue weighted by atomic mass is 10.2. The van der Waals surface area contributed by atoms with E-state index in [1.807, 2.05) is 0 Å². The van der Waals surface area contributed by atoms with E-state index in [1.54, 1.807) is 25.1 Å². The summed E-state index contributed by atoms with van der Waals surface area (Å²) >= 11 is 15.0. The maximum Gasteiger partial charge on any atom is 0.262 e. The topological polar surface area (TPSA) is 72.2 Å². The van der Waals surface area contributed by atoms with Crippen LogP contribution in [-0.2, 0) is 10.0 Å². The number of benzene rings is 2. The average molecular weight is 410 g/mol. The Kier molecular flexibility index (Phi) is 4.72. The number of hydrogen-bond acceptors (Lipinski definition) is 3. The number of hydrogen-bond donors (Lipinski definition) is 2. The monoisotopic (exact) mass is 408 g/mol. The maximum absolute atomic E-state index is 12.4. The molecule has 0 aromatic heterocycles. The molecule has 0 spiro atoms. The Morgan fingerprint density at radius 2 is 1.81 bits per heavy atom. The summed E-state index contributed by atoms with van der Waals surface area (Å²) in [6, 6.07) is 7.59. The fraction of sp³-hybridized carbons (Fsp3) is 0.0769. The standard InChI is InChI=1S/C13H11BrCl2N2O2S/c1-7-4-11(16)12(17)6-13(7)21(19,20)18-8-2-3-10(15)9(14)5-8/h2-6,18H,17H2,1H3. The van der Waals surface area contributed by atoms with Crippen molar-refractivity contribution >= 4 is 60.5 Å². The average Bonchev–Trinajstić information content (AvgIpc) is 2.37. The number of anilines is 2. The first-order chi connectivity index (χ1) is 9.70. The Hall–Kier alpha value is -0.950. The first-order valence-electron chi connectivity index (χ1n) is 5.74. The summed E-state index contributed by atoms with van der Waals surface area (Å²) in [6.45, 7) is 1.65. The largest absolute Gasteiger partial charge is 0.397 e. The molecule has 112 valence electrons. The number of halogens is 3. The Labute approximate surface area is 141 Å². The molecule has 0 fully saturated rings. The summed E-state index contributed by atoms with van der Waals surface area (Å²) in [5.74, 6) is 0. The van der Waals surface area contributed by atoms with Crippen molar-refractivity contribution in [2.75, 3.05) is 10.5 Å². The van der Waals surface area contributed by atoms with Crippen LogP contribution in [0.15, 0.2) is 39.7 Å². The first-order valence-corrected chi connectivity index (χ1v) is 8.77. The lowest BCUT2D eigenvalue weighted by Gasteiger charge is -2.12. The minimum Gasteiger partial charge on any atom is -0.397 e. The summed E-state index contributed by atoms with van der Waals surface area (Å²) < 4.78 is 27.9. The summed E-state index contributed by atoms with van der Waals surface area (Å²) in [7, 11) is -3.77. The SMILES string of the molecule is Cc1cc(Cl)c(N)cc1S(=O)(=O)Nc1ccc(Cl)c(Br)c1. The zero-order valence-electron chi connectivity index (χ0n) is 10.8. The number of nitrogens with two attached hydrogens (primary N) is 1. The van der Waals surface area contributed by atoms with Gasteiger partial charge in [0.15, 0.2) is 0 Å². The van der Waals surface area contributed by atoms with Crippen LogP contribution in [0.4, 0.5) is 11.4 Å². The Bertz CT molecular complexity index is 810. The Morgan fingerprint density at radius 3 is 2.43 bits per heavy atom. The lowest BCUT2D eigenvalue weighted by Crippen LogP contribution is -2.14. The molecule has 2 aromatic carbocycles. The van der Waals surface area contributed by atoms with Gasteiger partial charge in [-0.15, -0.1) is 0 Å². The van der Waals surface area contributed by atoms with E-state index in [0.29, 0.717) is 25.8 Å². The maximum atomic E-state index is 12.4. The van der Waals surface area contributed by atoms with Crippen LogP contribution >= 0.6 is 39.1 Å². The van der Waals surface area contributed by atoms with E-state index in [-0.39, 0.29) is 10.6 Å². The van der Waals surface area contributed by atoms with Crippen molar-refractivity contribution in [1.82, 2.24) is 0 Å². The van der Waals surface area contributed by atoms with Gasteiger partial charge < -0.3 is 5.73 Å². The molecule has 0 saturated carbocycles. The highest BCUT2D eigenvalue weighted by Gasteiger charge is 2.19. The predicted molar refractivity (Wildman–Crippen MR) is 90.6 cm³/mol. The number of nitrogen functional groups attached to an aromatic ring is 1. The van der Waals surface area contributed by atoms with Crippen molar-refractivity contribution in [3.8, 4) is 0 Å². The highest BCUT2D eigenvalue weighted by Crippen LogP contribution is 2.29. The number of aryl methyl sites for hydroxylation is 1. The van der Waals surface area contributed by atoms with Gasteiger partial charge in [0, 0.05) is 4.47 Å². The third-order valence-electron chi connectivity index (χ3n) is 2.76. The molecule has 0 amide bonds. The van der Waals surface area contributed by atoms with E-state index >= 15 is 0 Å². The van der Waals surface area contributed by atoms with E-state index in [0.717, 1.165) is 0 Å². The summed E-state index contributed by atoms with van der Waals surface area (Å²) in [4.78, 5) is 0.0791. The van der Waals surface area contributed by atoms with Crippen molar-refractivity contribution in [1.29, 1.82) is 0 Å². The zero-order chi connectivity index (χ0) is 15.8. The van der Waals surface area contributed by atoms with Gasteiger partial charge in [-0.25, -0.2) is 8.42 Å². The highest BCUT2D eigenvalue weighted by molar-refractivity contribution is 9.10. The van der Waals surface area contributed by atoms with Crippen LogP contribution in [0, 0.1) is 6.92 Å². The third-order valence-corrected chi connectivity index (χ3v) is 5.82. The Morgan fingerprint density at radius 1 is 1.14 bits per heavy atom. The summed E-state index contributed by atoms with van der Waals surface area (Å²) in [5.41, 5.74) is 6.78. The molecule has 0 saturated heterocycles. The summed E-state index contributed by atoms with van der Waals surface area (Å²) in [6.07, 6.45) is 0. The minimum atomic E-state index is -3.77. The smallest absolute Gasteiger partial charge is 0.262 e. The van der Waals surface area contributed by atoms with E-state index in [1.165, 1.54) is 12.1 Å². The second-order valence-electron chi connectivity index (χ2n) is 4.37. The molecule has 4 nitrogen and oxygen atoms in total. The van der Waals surface area contributed by atoms with Crippen molar-refractivity contribution in [2.24, 2.45) is 0 Å². The van der Waals surface area contributed by atoms with Gasteiger partial charge in [-0.05, 0) is 58.7 Å². The molecule has 21 heavy (non-hydrogen) atoms. The molecule has 0 unspecified atom stereocenters. The second kappa shape index (κ2) is 6.04. The minimum absolute atomic E-state index is 0.0791. The quantitative estimate of drug-likeness (QED) is 0.735. The van der Waals surface area contributed by atoms with Crippen LogP contribution in [0.2, 0.25) is 10.0 Å². The van der Waals surface area contributed by atoms with Crippen molar-refractivity contribution in [3.05, 3.63) is 50.4 Å². The van der Waals surface area contributed by atoms with E-state index in [2.05, 4.69) is 20.7 Å². The molecule has 0 aliphatic rings. The van der Waals surface area contributed by atoms with Gasteiger partial charge in [-0.1, -0.05) is 23.2 Å². The second-order valence-corrected chi connectivity index (χ2v) is 7.69. The third kappa shape index (κ3) is 3.63. The van der Waals surface area contributed by atoms with Gasteiger partial charge in [0.1, 0.15) is 0 Å². The van der Waals surface area contributed by atoms with Crippen LogP contribution in [0.25, 0.3) is 0 Å². The molecule has 0 bridgehead atoms. The van der Waals surface area contributed by atoms with E-state index < -0.39 is 10.0 Å². The van der Waals surface area contributed by atoms with Crippen molar-refractivity contribution < 1.29 is 8.42 Å². The molecular formula is C13H11BrCl2N2O2S. The lowest BCUT2D eigenvalue weighted by molar-refractivity contribution is 0.600. The van der Waals surface area contributed by atoms with E-state index in [9.17, 15) is 8.42 Å². The number of nitrogens with one attached hydrogen (secondary N) is 1. The van der Waals surface area contributed by atoms with Crippen LogP contribution in [-0.4, -0.2) is 8.42 Å². The molecule has 2 rings (SSSR count). The van der Waals surface area contributed by atoms with Gasteiger partial charge >= 0.3 is 0 Å². The molecule has 0 radical (unpaired) electrons. The number of rotatable bonds is 3.